The van der Waals surface area contributed by atoms with Gasteiger partial charge in [-0.1, -0.05) is 6.42 Å². The fraction of sp³-hybridized carbons (Fsp3) is 0.667. The van der Waals surface area contributed by atoms with E-state index in [0.717, 1.165) is 74.1 Å². The molecule has 4 heterocycles. The summed E-state index contributed by atoms with van der Waals surface area (Å²) in [6.07, 6.45) is 10.6. The number of nitrogens with zero attached hydrogens (tertiary/aromatic N) is 5. The van der Waals surface area contributed by atoms with Gasteiger partial charge < -0.3 is 14.4 Å². The average molecular weight is 367 g/mol. The Morgan fingerprint density at radius 3 is 2.59 bits per heavy atom. The molecule has 144 valence electrons. The molecular formula is C21H29N5O. The van der Waals surface area contributed by atoms with E-state index in [-0.39, 0.29) is 0 Å². The van der Waals surface area contributed by atoms with Crippen molar-refractivity contribution < 1.29 is 4.79 Å². The third kappa shape index (κ3) is 3.09. The van der Waals surface area contributed by atoms with Gasteiger partial charge in [0, 0.05) is 45.8 Å². The summed E-state index contributed by atoms with van der Waals surface area (Å²) in [7, 11) is 2.02. The molecule has 0 radical (unpaired) electrons. The molecule has 2 saturated heterocycles. The van der Waals surface area contributed by atoms with E-state index in [9.17, 15) is 4.79 Å². The lowest BCUT2D eigenvalue weighted by molar-refractivity contribution is -0.131. The van der Waals surface area contributed by atoms with Gasteiger partial charge in [-0.05, 0) is 49.5 Å². The summed E-state index contributed by atoms with van der Waals surface area (Å²) < 4.78 is 2.04. The Morgan fingerprint density at radius 2 is 1.85 bits per heavy atom. The molecule has 1 aliphatic carbocycles. The topological polar surface area (TPSA) is 54.3 Å². The Balaban J connectivity index is 1.19. The summed E-state index contributed by atoms with van der Waals surface area (Å²) in [6.45, 7) is 4.00. The Hall–Kier alpha value is -2.11. The number of rotatable bonds is 3. The van der Waals surface area contributed by atoms with Crippen molar-refractivity contribution in [2.75, 3.05) is 31.1 Å². The first-order chi connectivity index (χ1) is 13.2. The number of aromatic nitrogens is 3. The molecule has 27 heavy (non-hydrogen) atoms. The molecule has 2 atom stereocenters. The molecule has 2 aliphatic heterocycles. The highest BCUT2D eigenvalue weighted by atomic mass is 16.2. The molecule has 3 aliphatic rings. The monoisotopic (exact) mass is 367 g/mol. The molecular weight excluding hydrogens is 338 g/mol. The lowest BCUT2D eigenvalue weighted by Gasteiger charge is -2.33. The molecule has 6 nitrogen and oxygen atoms in total. The van der Waals surface area contributed by atoms with Crippen LogP contribution in [-0.2, 0) is 11.8 Å². The summed E-state index contributed by atoms with van der Waals surface area (Å²) in [5.41, 5.74) is 0.983. The summed E-state index contributed by atoms with van der Waals surface area (Å²) >= 11 is 0. The normalized spacial score (nSPS) is 26.1. The van der Waals surface area contributed by atoms with E-state index in [4.69, 9.17) is 0 Å². The SMILES string of the molecule is Cn1ccc2c(N3CCC(CC(=O)N4CC5CCCC5C4)CC3)ncnc21. The molecule has 6 heteroatoms. The molecule has 3 fully saturated rings. The first-order valence-electron chi connectivity index (χ1n) is 10.5. The van der Waals surface area contributed by atoms with Crippen LogP contribution in [0.1, 0.15) is 38.5 Å². The highest BCUT2D eigenvalue weighted by Crippen LogP contribution is 2.38. The van der Waals surface area contributed by atoms with Crippen molar-refractivity contribution in [3.05, 3.63) is 18.6 Å². The van der Waals surface area contributed by atoms with Crippen LogP contribution in [0.3, 0.4) is 0 Å². The van der Waals surface area contributed by atoms with E-state index in [2.05, 4.69) is 25.8 Å². The molecule has 0 N–H and O–H groups in total. The van der Waals surface area contributed by atoms with Crippen LogP contribution >= 0.6 is 0 Å². The van der Waals surface area contributed by atoms with Gasteiger partial charge in [-0.3, -0.25) is 4.79 Å². The van der Waals surface area contributed by atoms with Crippen LogP contribution < -0.4 is 4.90 Å². The van der Waals surface area contributed by atoms with Crippen LogP contribution in [0.25, 0.3) is 11.0 Å². The summed E-state index contributed by atoms with van der Waals surface area (Å²) in [5.74, 6) is 3.54. The Kier molecular flexibility index (Phi) is 4.29. The van der Waals surface area contributed by atoms with Crippen LogP contribution in [0.2, 0.25) is 0 Å². The summed E-state index contributed by atoms with van der Waals surface area (Å²) in [5, 5.41) is 1.12. The Morgan fingerprint density at radius 1 is 1.11 bits per heavy atom. The lowest BCUT2D eigenvalue weighted by Crippen LogP contribution is -2.37. The standard InChI is InChI=1S/C21H29N5O/c1-24-8-7-18-20(24)22-14-23-21(18)25-9-5-15(6-10-25)11-19(27)26-12-16-3-2-4-17(16)13-26/h7-8,14-17H,2-6,9-13H2,1H3. The molecule has 5 rings (SSSR count). The fourth-order valence-corrected chi connectivity index (χ4v) is 5.48. The van der Waals surface area contributed by atoms with Crippen molar-refractivity contribution in [3.63, 3.8) is 0 Å². The highest BCUT2D eigenvalue weighted by molar-refractivity contribution is 5.87. The van der Waals surface area contributed by atoms with Gasteiger partial charge in [0.1, 0.15) is 17.8 Å². The second kappa shape index (κ2) is 6.80. The molecule has 0 spiro atoms. The van der Waals surface area contributed by atoms with Crippen molar-refractivity contribution in [2.45, 2.75) is 38.5 Å². The largest absolute Gasteiger partial charge is 0.356 e. The fourth-order valence-electron chi connectivity index (χ4n) is 5.48. The van der Waals surface area contributed by atoms with Crippen LogP contribution in [0, 0.1) is 17.8 Å². The number of piperidine rings is 1. The van der Waals surface area contributed by atoms with Crippen LogP contribution in [0.5, 0.6) is 0 Å². The van der Waals surface area contributed by atoms with Gasteiger partial charge in [0.25, 0.3) is 0 Å². The molecule has 0 aromatic carbocycles. The molecule has 2 unspecified atom stereocenters. The zero-order valence-electron chi connectivity index (χ0n) is 16.2. The quantitative estimate of drug-likeness (QED) is 0.837. The van der Waals surface area contributed by atoms with Crippen molar-refractivity contribution >= 4 is 22.8 Å². The molecule has 1 saturated carbocycles. The van der Waals surface area contributed by atoms with E-state index < -0.39 is 0 Å². The average Bonchev–Trinajstić information content (AvgIpc) is 3.37. The molecule has 0 bridgehead atoms. The maximum Gasteiger partial charge on any atom is 0.222 e. The number of carbonyl (C=O) groups is 1. The maximum absolute atomic E-state index is 12.8. The number of likely N-dealkylation sites (tertiary alicyclic amines) is 1. The highest BCUT2D eigenvalue weighted by Gasteiger charge is 2.38. The number of carbonyl (C=O) groups excluding carboxylic acids is 1. The zero-order chi connectivity index (χ0) is 18.4. The number of amides is 1. The van der Waals surface area contributed by atoms with E-state index in [1.54, 1.807) is 6.33 Å². The zero-order valence-corrected chi connectivity index (χ0v) is 16.2. The van der Waals surface area contributed by atoms with Gasteiger partial charge in [-0.2, -0.15) is 0 Å². The van der Waals surface area contributed by atoms with Gasteiger partial charge >= 0.3 is 0 Å². The maximum atomic E-state index is 12.8. The predicted molar refractivity (Wildman–Crippen MR) is 105 cm³/mol. The number of anilines is 1. The van der Waals surface area contributed by atoms with Crippen molar-refractivity contribution in [1.82, 2.24) is 19.4 Å². The predicted octanol–water partition coefficient (Wildman–Crippen LogP) is 2.83. The molecule has 1 amide bonds. The number of hydrogen-bond donors (Lipinski definition) is 0. The third-order valence-corrected chi connectivity index (χ3v) is 7.10. The molecule has 2 aromatic heterocycles. The minimum Gasteiger partial charge on any atom is -0.356 e. The number of fused-ring (bicyclic) bond motifs is 2. The van der Waals surface area contributed by atoms with Crippen molar-refractivity contribution in [3.8, 4) is 0 Å². The number of aryl methyl sites for hydroxylation is 1. The van der Waals surface area contributed by atoms with Gasteiger partial charge in [-0.15, -0.1) is 0 Å². The van der Waals surface area contributed by atoms with E-state index in [1.165, 1.54) is 19.3 Å². The van der Waals surface area contributed by atoms with Gasteiger partial charge in [0.15, 0.2) is 0 Å². The number of hydrogen-bond acceptors (Lipinski definition) is 4. The van der Waals surface area contributed by atoms with Crippen molar-refractivity contribution in [2.24, 2.45) is 24.8 Å². The first-order valence-corrected chi connectivity index (χ1v) is 10.5. The third-order valence-electron chi connectivity index (χ3n) is 7.10. The minimum absolute atomic E-state index is 0.398. The first kappa shape index (κ1) is 17.0. The Labute approximate surface area is 160 Å². The van der Waals surface area contributed by atoms with Gasteiger partial charge in [0.2, 0.25) is 5.91 Å². The van der Waals surface area contributed by atoms with E-state index in [1.807, 2.05) is 17.8 Å². The van der Waals surface area contributed by atoms with Crippen LogP contribution in [-0.4, -0.2) is 51.5 Å². The second-order valence-electron chi connectivity index (χ2n) is 8.75. The minimum atomic E-state index is 0.398. The summed E-state index contributed by atoms with van der Waals surface area (Å²) in [4.78, 5) is 26.2. The van der Waals surface area contributed by atoms with Crippen LogP contribution in [0.4, 0.5) is 5.82 Å². The van der Waals surface area contributed by atoms with Crippen LogP contribution in [0.15, 0.2) is 18.6 Å². The van der Waals surface area contributed by atoms with E-state index >= 15 is 0 Å². The lowest BCUT2D eigenvalue weighted by atomic mass is 9.93. The van der Waals surface area contributed by atoms with Crippen molar-refractivity contribution in [1.29, 1.82) is 0 Å². The molecule has 2 aromatic rings. The van der Waals surface area contributed by atoms with Gasteiger partial charge in [-0.25, -0.2) is 9.97 Å². The Bertz CT molecular complexity index is 826. The second-order valence-corrected chi connectivity index (χ2v) is 8.75. The summed E-state index contributed by atoms with van der Waals surface area (Å²) in [6, 6.07) is 2.10. The van der Waals surface area contributed by atoms with Gasteiger partial charge in [0.05, 0.1) is 5.39 Å². The van der Waals surface area contributed by atoms with E-state index in [0.29, 0.717) is 11.8 Å². The smallest absolute Gasteiger partial charge is 0.222 e.